The third-order valence-corrected chi connectivity index (χ3v) is 4.49. The lowest BCUT2D eigenvalue weighted by molar-refractivity contribution is -0.141. The maximum absolute atomic E-state index is 12.2. The number of methoxy groups -OCH3 is 1. The molecule has 0 radical (unpaired) electrons. The van der Waals surface area contributed by atoms with Crippen LogP contribution in [0.25, 0.3) is 10.1 Å². The van der Waals surface area contributed by atoms with Crippen molar-refractivity contribution in [2.24, 2.45) is 5.92 Å². The van der Waals surface area contributed by atoms with Gasteiger partial charge in [-0.15, -0.1) is 11.3 Å². The standard InChI is InChI=1S/C17H20O5S/c1-9(2)22-14-6-11-7-16(12(18)5-10(3)17(19)20)23-15(11)8-13(14)21-4/h6-10H,5H2,1-4H3,(H,19,20). The van der Waals surface area contributed by atoms with Crippen LogP contribution in [0.4, 0.5) is 0 Å². The summed E-state index contributed by atoms with van der Waals surface area (Å²) in [4.78, 5) is 23.7. The van der Waals surface area contributed by atoms with Crippen molar-refractivity contribution >= 4 is 33.2 Å². The fraction of sp³-hybridized carbons (Fsp3) is 0.412. The monoisotopic (exact) mass is 336 g/mol. The van der Waals surface area contributed by atoms with Gasteiger partial charge < -0.3 is 14.6 Å². The molecule has 1 aromatic carbocycles. The topological polar surface area (TPSA) is 72.8 Å². The number of carbonyl (C=O) groups is 2. The zero-order valence-electron chi connectivity index (χ0n) is 13.6. The summed E-state index contributed by atoms with van der Waals surface area (Å²) in [6.45, 7) is 5.39. The summed E-state index contributed by atoms with van der Waals surface area (Å²) >= 11 is 1.34. The number of hydrogen-bond donors (Lipinski definition) is 1. The molecule has 0 saturated heterocycles. The van der Waals surface area contributed by atoms with E-state index in [-0.39, 0.29) is 18.3 Å². The number of benzene rings is 1. The van der Waals surface area contributed by atoms with E-state index in [0.29, 0.717) is 16.4 Å². The third-order valence-electron chi connectivity index (χ3n) is 3.35. The highest BCUT2D eigenvalue weighted by Crippen LogP contribution is 2.37. The maximum atomic E-state index is 12.2. The molecule has 23 heavy (non-hydrogen) atoms. The molecule has 0 fully saturated rings. The predicted molar refractivity (Wildman–Crippen MR) is 89.9 cm³/mol. The van der Waals surface area contributed by atoms with Gasteiger partial charge in [0.1, 0.15) is 0 Å². The molecule has 0 amide bonds. The van der Waals surface area contributed by atoms with Crippen LogP contribution in [0.1, 0.15) is 36.9 Å². The van der Waals surface area contributed by atoms with Gasteiger partial charge in [0.2, 0.25) is 0 Å². The molecule has 0 aliphatic heterocycles. The Bertz CT molecular complexity index is 732. The van der Waals surface area contributed by atoms with E-state index in [1.165, 1.54) is 18.3 Å². The van der Waals surface area contributed by atoms with Gasteiger partial charge in [0.05, 0.1) is 24.0 Å². The molecule has 0 aliphatic carbocycles. The number of carbonyl (C=O) groups excluding carboxylic acids is 1. The van der Waals surface area contributed by atoms with E-state index >= 15 is 0 Å². The fourth-order valence-electron chi connectivity index (χ4n) is 2.16. The number of ketones is 1. The second-order valence-corrected chi connectivity index (χ2v) is 6.77. The number of Topliss-reactive ketones (excluding diaryl/α,β-unsaturated/α-hetero) is 1. The van der Waals surface area contributed by atoms with Crippen molar-refractivity contribution in [1.82, 2.24) is 0 Å². The minimum atomic E-state index is -0.964. The fourth-order valence-corrected chi connectivity index (χ4v) is 3.18. The highest BCUT2D eigenvalue weighted by atomic mass is 32.1. The van der Waals surface area contributed by atoms with Gasteiger partial charge in [-0.25, -0.2) is 0 Å². The summed E-state index contributed by atoms with van der Waals surface area (Å²) in [5, 5.41) is 9.81. The van der Waals surface area contributed by atoms with Gasteiger partial charge in [0, 0.05) is 17.2 Å². The summed E-state index contributed by atoms with van der Waals surface area (Å²) in [6.07, 6.45) is 0.00626. The largest absolute Gasteiger partial charge is 0.493 e. The van der Waals surface area contributed by atoms with Crippen molar-refractivity contribution in [3.8, 4) is 11.5 Å². The van der Waals surface area contributed by atoms with Gasteiger partial charge in [-0.05, 0) is 31.4 Å². The Morgan fingerprint density at radius 1 is 1.17 bits per heavy atom. The second-order valence-electron chi connectivity index (χ2n) is 5.68. The lowest BCUT2D eigenvalue weighted by atomic mass is 10.0. The number of hydrogen-bond acceptors (Lipinski definition) is 5. The summed E-state index contributed by atoms with van der Waals surface area (Å²) < 4.78 is 12.0. The summed E-state index contributed by atoms with van der Waals surface area (Å²) in [5.41, 5.74) is 0. The molecule has 0 bridgehead atoms. The number of fused-ring (bicyclic) bond motifs is 1. The molecular formula is C17H20O5S. The van der Waals surface area contributed by atoms with Crippen molar-refractivity contribution in [1.29, 1.82) is 0 Å². The highest BCUT2D eigenvalue weighted by molar-refractivity contribution is 7.20. The lowest BCUT2D eigenvalue weighted by Gasteiger charge is -2.13. The molecule has 0 spiro atoms. The SMILES string of the molecule is COc1cc2sc(C(=O)CC(C)C(=O)O)cc2cc1OC(C)C. The zero-order chi connectivity index (χ0) is 17.1. The number of thiophene rings is 1. The van der Waals surface area contributed by atoms with Crippen LogP contribution in [0.15, 0.2) is 18.2 Å². The van der Waals surface area contributed by atoms with E-state index in [2.05, 4.69) is 0 Å². The third kappa shape index (κ3) is 4.01. The van der Waals surface area contributed by atoms with Crippen molar-refractivity contribution in [2.45, 2.75) is 33.3 Å². The van der Waals surface area contributed by atoms with Crippen LogP contribution in [0.5, 0.6) is 11.5 Å². The van der Waals surface area contributed by atoms with E-state index in [1.807, 2.05) is 26.0 Å². The quantitative estimate of drug-likeness (QED) is 0.774. The summed E-state index contributed by atoms with van der Waals surface area (Å²) in [5.74, 6) is -0.570. The number of carboxylic acids is 1. The number of aliphatic carboxylic acids is 1. The van der Waals surface area contributed by atoms with E-state index in [1.54, 1.807) is 13.2 Å². The maximum Gasteiger partial charge on any atom is 0.306 e. The van der Waals surface area contributed by atoms with Crippen molar-refractivity contribution in [3.63, 3.8) is 0 Å². The van der Waals surface area contributed by atoms with Gasteiger partial charge in [-0.1, -0.05) is 6.92 Å². The van der Waals surface area contributed by atoms with Crippen LogP contribution >= 0.6 is 11.3 Å². The molecule has 1 unspecified atom stereocenters. The lowest BCUT2D eigenvalue weighted by Crippen LogP contribution is -2.13. The van der Waals surface area contributed by atoms with E-state index in [9.17, 15) is 9.59 Å². The first-order chi connectivity index (χ1) is 10.8. The number of carboxylic acid groups (broad SMARTS) is 1. The van der Waals surface area contributed by atoms with Crippen molar-refractivity contribution < 1.29 is 24.2 Å². The summed E-state index contributed by atoms with van der Waals surface area (Å²) in [6, 6.07) is 5.47. The van der Waals surface area contributed by atoms with Gasteiger partial charge in [-0.3, -0.25) is 9.59 Å². The molecule has 2 aromatic rings. The minimum absolute atomic E-state index is 0.00532. The number of ether oxygens (including phenoxy) is 2. The molecule has 1 atom stereocenters. The normalized spacial score (nSPS) is 12.4. The van der Waals surface area contributed by atoms with E-state index in [4.69, 9.17) is 14.6 Å². The average Bonchev–Trinajstić information content (AvgIpc) is 2.88. The highest BCUT2D eigenvalue weighted by Gasteiger charge is 2.19. The molecule has 2 rings (SSSR count). The van der Waals surface area contributed by atoms with Crippen LogP contribution in [-0.2, 0) is 4.79 Å². The Morgan fingerprint density at radius 2 is 1.87 bits per heavy atom. The average molecular weight is 336 g/mol. The van der Waals surface area contributed by atoms with Crippen molar-refractivity contribution in [3.05, 3.63) is 23.1 Å². The molecule has 1 heterocycles. The Morgan fingerprint density at radius 3 is 2.43 bits per heavy atom. The molecule has 5 nitrogen and oxygen atoms in total. The van der Waals surface area contributed by atoms with Crippen LogP contribution in [-0.4, -0.2) is 30.1 Å². The van der Waals surface area contributed by atoms with E-state index < -0.39 is 11.9 Å². The zero-order valence-corrected chi connectivity index (χ0v) is 14.4. The molecule has 124 valence electrons. The Hall–Kier alpha value is -2.08. The Labute approximate surface area is 138 Å². The van der Waals surface area contributed by atoms with Gasteiger partial charge in [-0.2, -0.15) is 0 Å². The van der Waals surface area contributed by atoms with Crippen LogP contribution in [0.3, 0.4) is 0 Å². The summed E-state index contributed by atoms with van der Waals surface area (Å²) in [7, 11) is 1.57. The van der Waals surface area contributed by atoms with Crippen molar-refractivity contribution in [2.75, 3.05) is 7.11 Å². The molecular weight excluding hydrogens is 316 g/mol. The smallest absolute Gasteiger partial charge is 0.306 e. The molecule has 1 aromatic heterocycles. The Balaban J connectivity index is 2.34. The molecule has 1 N–H and O–H groups in total. The van der Waals surface area contributed by atoms with Gasteiger partial charge in [0.25, 0.3) is 0 Å². The molecule has 6 heteroatoms. The molecule has 0 aliphatic rings. The first-order valence-corrected chi connectivity index (χ1v) is 8.17. The minimum Gasteiger partial charge on any atom is -0.493 e. The molecule has 0 saturated carbocycles. The Kier molecular flexibility index (Phi) is 5.26. The first kappa shape index (κ1) is 17.3. The number of rotatable bonds is 7. The second kappa shape index (κ2) is 7.00. The van der Waals surface area contributed by atoms with E-state index in [0.717, 1.165) is 10.1 Å². The predicted octanol–water partition coefficient (Wildman–Crippen LogP) is 3.99. The van der Waals surface area contributed by atoms with Crippen LogP contribution < -0.4 is 9.47 Å². The first-order valence-electron chi connectivity index (χ1n) is 7.36. The van der Waals surface area contributed by atoms with Crippen LogP contribution in [0, 0.1) is 5.92 Å². The van der Waals surface area contributed by atoms with Gasteiger partial charge in [0.15, 0.2) is 17.3 Å². The van der Waals surface area contributed by atoms with Crippen LogP contribution in [0.2, 0.25) is 0 Å². The van der Waals surface area contributed by atoms with Gasteiger partial charge >= 0.3 is 5.97 Å².